The van der Waals surface area contributed by atoms with Crippen LogP contribution in [-0.4, -0.2) is 44.5 Å². The predicted octanol–water partition coefficient (Wildman–Crippen LogP) is 19.1. The Morgan fingerprint density at radius 2 is 0.708 bits per heavy atom. The summed E-state index contributed by atoms with van der Waals surface area (Å²) in [6, 6.07) is 82.3. The number of fused-ring (bicyclic) bond motifs is 6. The van der Waals surface area contributed by atoms with Gasteiger partial charge in [-0.1, -0.05) is 233 Å². The summed E-state index contributed by atoms with van der Waals surface area (Å²) in [6.45, 7) is 1.28. The predicted molar refractivity (Wildman–Crippen MR) is 387 cm³/mol. The van der Waals surface area contributed by atoms with E-state index >= 15 is 0 Å². The van der Waals surface area contributed by atoms with Crippen molar-refractivity contribution < 1.29 is 19.0 Å². The summed E-state index contributed by atoms with van der Waals surface area (Å²) >= 11 is 0. The molecule has 10 nitrogen and oxygen atoms in total. The molecule has 4 aliphatic heterocycles. The highest BCUT2D eigenvalue weighted by molar-refractivity contribution is 6.05. The van der Waals surface area contributed by atoms with Gasteiger partial charge in [0, 0.05) is 106 Å². The van der Waals surface area contributed by atoms with E-state index in [4.69, 9.17) is 0 Å². The fraction of sp³-hybridized carbons (Fsp3) is 0.256. The van der Waals surface area contributed by atoms with E-state index in [-0.39, 0.29) is 32.1 Å². The van der Waals surface area contributed by atoms with Crippen molar-refractivity contribution in [3.8, 4) is 0 Å². The van der Waals surface area contributed by atoms with Crippen LogP contribution in [0.4, 0.5) is 34.1 Å². The monoisotopic (exact) mass is 1260 g/mol. The maximum Gasteiger partial charge on any atom is 0.270 e. The van der Waals surface area contributed by atoms with Gasteiger partial charge in [-0.3, -0.25) is 20.2 Å². The van der Waals surface area contributed by atoms with Crippen molar-refractivity contribution in [2.24, 2.45) is 0 Å². The van der Waals surface area contributed by atoms with E-state index in [0.717, 1.165) is 112 Å². The van der Waals surface area contributed by atoms with Crippen molar-refractivity contribution in [2.75, 3.05) is 23.9 Å². The summed E-state index contributed by atoms with van der Waals surface area (Å²) in [4.78, 5) is 29.3. The Morgan fingerprint density at radius 3 is 1.04 bits per heavy atom. The van der Waals surface area contributed by atoms with Crippen LogP contribution >= 0.6 is 0 Å². The molecule has 0 amide bonds. The molecule has 0 unspecified atom stereocenters. The Kier molecular flexibility index (Phi) is 16.6. The van der Waals surface area contributed by atoms with E-state index in [1.807, 2.05) is 24.3 Å². The molecule has 0 aromatic heterocycles. The Labute approximate surface area is 564 Å². The maximum atomic E-state index is 12.3. The van der Waals surface area contributed by atoms with Crippen molar-refractivity contribution in [3.63, 3.8) is 0 Å². The lowest BCUT2D eigenvalue weighted by molar-refractivity contribution is -0.402. The molecule has 96 heavy (non-hydrogen) atoms. The molecular formula is C86H82N6O4+2. The molecule has 6 aliphatic rings. The first kappa shape index (κ1) is 61.8. The average Bonchev–Trinajstić information content (AvgIpc) is 1.59. The van der Waals surface area contributed by atoms with Crippen LogP contribution < -0.4 is 9.80 Å². The Balaban J connectivity index is 0.824. The lowest BCUT2D eigenvalue weighted by atomic mass is 9.67. The van der Waals surface area contributed by atoms with Gasteiger partial charge in [-0.2, -0.15) is 9.15 Å². The molecule has 478 valence electrons. The molecule has 2 fully saturated rings. The molecule has 9 aromatic rings. The molecule has 0 N–H and O–H groups in total. The van der Waals surface area contributed by atoms with Gasteiger partial charge in [0.05, 0.1) is 20.7 Å². The van der Waals surface area contributed by atoms with Crippen molar-refractivity contribution in [1.82, 2.24) is 0 Å². The number of nitrogens with zero attached hydrogens (tertiary/aromatic N) is 6. The number of allylic oxidation sites excluding steroid dienone is 8. The average molecular weight is 1260 g/mol. The summed E-state index contributed by atoms with van der Waals surface area (Å²) in [6.07, 6.45) is 27.6. The molecule has 4 heterocycles. The van der Waals surface area contributed by atoms with Gasteiger partial charge in [-0.15, -0.1) is 0 Å². The minimum absolute atomic E-state index is 0.149. The van der Waals surface area contributed by atoms with Gasteiger partial charge in [0.2, 0.25) is 11.4 Å². The zero-order valence-corrected chi connectivity index (χ0v) is 55.0. The highest BCUT2D eigenvalue weighted by atomic mass is 16.6. The molecule has 15 rings (SSSR count). The highest BCUT2D eigenvalue weighted by Gasteiger charge is 2.54. The SMILES string of the molecule is C[N+]1=C(C=CC=C2N(Cc3ccc(CN4C(=CC=CC5=[N+](C)c6ccc([N+](=O)[O-])cc6C56CCCCC6)C(Cc5ccccc5)(Cc5ccccc5)c5ccccc54)cc3)c3ccccc3C2(Cc2ccccc2)Cc2ccccc2)C2(CCCCC2)c2cc([N+](=O)[O-])ccc21. The van der Waals surface area contributed by atoms with E-state index in [0.29, 0.717) is 13.1 Å². The van der Waals surface area contributed by atoms with E-state index in [2.05, 4.69) is 264 Å². The molecule has 0 bridgehead atoms. The van der Waals surface area contributed by atoms with E-state index < -0.39 is 10.8 Å². The molecule has 0 radical (unpaired) electrons. The van der Waals surface area contributed by atoms with E-state index in [1.54, 1.807) is 12.1 Å². The van der Waals surface area contributed by atoms with Gasteiger partial charge >= 0.3 is 0 Å². The maximum absolute atomic E-state index is 12.3. The molecule has 10 heteroatoms. The third-order valence-electron chi connectivity index (χ3n) is 22.4. The third-order valence-corrected chi connectivity index (χ3v) is 22.4. The first-order valence-electron chi connectivity index (χ1n) is 34.5. The van der Waals surface area contributed by atoms with Crippen LogP contribution in [0.3, 0.4) is 0 Å². The van der Waals surface area contributed by atoms with E-state index in [9.17, 15) is 20.2 Å². The first-order chi connectivity index (χ1) is 47.0. The molecular weight excluding hydrogens is 1180 g/mol. The summed E-state index contributed by atoms with van der Waals surface area (Å²) < 4.78 is 4.59. The number of nitro groups is 2. The van der Waals surface area contributed by atoms with Gasteiger partial charge in [0.15, 0.2) is 11.4 Å². The second kappa shape index (κ2) is 25.8. The normalized spacial score (nSPS) is 18.7. The van der Waals surface area contributed by atoms with Gasteiger partial charge in [0.1, 0.15) is 14.1 Å². The minimum atomic E-state index is -0.457. The fourth-order valence-electron chi connectivity index (χ4n) is 18.0. The van der Waals surface area contributed by atoms with Crippen molar-refractivity contribution >= 4 is 45.5 Å². The highest BCUT2D eigenvalue weighted by Crippen LogP contribution is 2.56. The Hall–Kier alpha value is -10.3. The Bertz CT molecular complexity index is 4250. The second-order valence-electron chi connectivity index (χ2n) is 27.8. The van der Waals surface area contributed by atoms with Gasteiger partial charge in [-0.25, -0.2) is 0 Å². The molecule has 9 aromatic carbocycles. The smallest absolute Gasteiger partial charge is 0.270 e. The molecule has 0 atom stereocenters. The summed E-state index contributed by atoms with van der Waals surface area (Å²) in [5.41, 5.74) is 20.4. The van der Waals surface area contributed by atoms with Gasteiger partial charge < -0.3 is 9.80 Å². The van der Waals surface area contributed by atoms with Crippen LogP contribution in [0, 0.1) is 20.2 Å². The molecule has 2 aliphatic carbocycles. The number of non-ortho nitro benzene ring substituents is 2. The van der Waals surface area contributed by atoms with Crippen LogP contribution in [0.15, 0.2) is 278 Å². The quantitative estimate of drug-likeness (QED) is 0.0482. The van der Waals surface area contributed by atoms with Crippen LogP contribution in [0.5, 0.6) is 0 Å². The van der Waals surface area contributed by atoms with Crippen molar-refractivity contribution in [2.45, 2.75) is 125 Å². The van der Waals surface area contributed by atoms with Crippen molar-refractivity contribution in [3.05, 3.63) is 354 Å². The number of hydrogen-bond donors (Lipinski definition) is 0. The number of anilines is 2. The van der Waals surface area contributed by atoms with Crippen LogP contribution in [0.25, 0.3) is 0 Å². The Morgan fingerprint density at radius 1 is 0.385 bits per heavy atom. The zero-order valence-electron chi connectivity index (χ0n) is 55.0. The molecule has 0 saturated heterocycles. The lowest BCUT2D eigenvalue weighted by Crippen LogP contribution is -2.36. The van der Waals surface area contributed by atoms with Gasteiger partial charge in [0.25, 0.3) is 11.4 Å². The van der Waals surface area contributed by atoms with Gasteiger partial charge in [-0.05, 0) is 120 Å². The van der Waals surface area contributed by atoms with E-state index in [1.165, 1.54) is 78.7 Å². The second-order valence-corrected chi connectivity index (χ2v) is 27.8. The summed E-state index contributed by atoms with van der Waals surface area (Å²) in [5, 5.41) is 24.6. The van der Waals surface area contributed by atoms with Crippen LogP contribution in [0.2, 0.25) is 0 Å². The number of para-hydroxylation sites is 2. The summed E-state index contributed by atoms with van der Waals surface area (Å²) in [5.74, 6) is 0. The fourth-order valence-corrected chi connectivity index (χ4v) is 18.0. The zero-order chi connectivity index (χ0) is 65.4. The largest absolute Gasteiger partial charge is 0.339 e. The number of rotatable bonds is 18. The number of benzene rings is 9. The molecule has 2 saturated carbocycles. The van der Waals surface area contributed by atoms with Crippen LogP contribution in [0.1, 0.15) is 120 Å². The summed E-state index contributed by atoms with van der Waals surface area (Å²) in [7, 11) is 4.28. The number of nitro benzene ring substituents is 2. The minimum Gasteiger partial charge on any atom is -0.339 e. The standard InChI is InChI=1S/C86H82N6O4/c1-87-75-49-47-69(91(93)94)55-73(75)83(51-21-7-22-52-83)79(87)39-25-41-81-85(57-63-27-9-3-10-28-63,58-64-29-11-4-12-30-64)71-35-17-19-37-77(71)89(81)61-67-43-45-68(46-44-67)62-90-78-38-20-18-36-72(78)86(59-65-31-13-5-14-32-65,60-66-33-15-6-16-34-66)82(90)42-26-40-80-84(53-23-8-24-54-84)74-56-70(92(95)96)48-50-76(74)88(80)2/h3-6,9-20,25-50,55-56H,7-8,21-24,51-54,57-62H2,1-2H3/q+2. The first-order valence-corrected chi connectivity index (χ1v) is 34.5. The van der Waals surface area contributed by atoms with Crippen molar-refractivity contribution in [1.29, 1.82) is 0 Å². The topological polar surface area (TPSA) is 98.8 Å². The molecule has 2 spiro atoms. The third kappa shape index (κ3) is 11.0. The van der Waals surface area contributed by atoms with Crippen LogP contribution in [-0.2, 0) is 60.4 Å². The lowest BCUT2D eigenvalue weighted by Gasteiger charge is -2.35. The number of hydrogen-bond acceptors (Lipinski definition) is 6.